The lowest BCUT2D eigenvalue weighted by Gasteiger charge is -2.19. The topological polar surface area (TPSA) is 38.3 Å². The molecule has 0 unspecified atom stereocenters. The number of rotatable bonds is 7. The van der Waals surface area contributed by atoms with Crippen molar-refractivity contribution >= 4 is 5.91 Å². The number of hydrogen-bond acceptors (Lipinski definition) is 2. The molecule has 3 heteroatoms. The molecule has 0 radical (unpaired) electrons. The van der Waals surface area contributed by atoms with Crippen molar-refractivity contribution in [3.05, 3.63) is 102 Å². The van der Waals surface area contributed by atoms with Crippen molar-refractivity contribution in [1.82, 2.24) is 5.32 Å². The van der Waals surface area contributed by atoms with E-state index >= 15 is 0 Å². The Balaban J connectivity index is 1.66. The summed E-state index contributed by atoms with van der Waals surface area (Å²) in [6, 6.07) is 28.2. The van der Waals surface area contributed by atoms with E-state index in [4.69, 9.17) is 4.74 Å². The number of hydrogen-bond donors (Lipinski definition) is 1. The van der Waals surface area contributed by atoms with Crippen molar-refractivity contribution in [3.63, 3.8) is 0 Å². The monoisotopic (exact) mass is 345 g/mol. The fourth-order valence-electron chi connectivity index (χ4n) is 3.01. The van der Waals surface area contributed by atoms with Crippen LogP contribution in [0, 0.1) is 0 Å². The van der Waals surface area contributed by atoms with Gasteiger partial charge in [0.05, 0.1) is 13.5 Å². The first-order chi connectivity index (χ1) is 12.8. The summed E-state index contributed by atoms with van der Waals surface area (Å²) in [5.41, 5.74) is 3.37. The molecule has 0 bridgehead atoms. The second-order valence-electron chi connectivity index (χ2n) is 6.20. The number of carbonyl (C=O) groups excluding carboxylic acids is 1. The van der Waals surface area contributed by atoms with Gasteiger partial charge < -0.3 is 10.1 Å². The summed E-state index contributed by atoms with van der Waals surface area (Å²) < 4.78 is 5.15. The molecule has 132 valence electrons. The molecular formula is C23H23NO2. The van der Waals surface area contributed by atoms with E-state index < -0.39 is 0 Å². The van der Waals surface area contributed by atoms with Gasteiger partial charge >= 0.3 is 0 Å². The standard InChI is InChI=1S/C23H23NO2/c1-26-21-14-12-18(13-15-21)16-23(25)24-17-22(19-8-4-2-5-9-19)20-10-6-3-7-11-20/h2-15,22H,16-17H2,1H3,(H,24,25). The molecular weight excluding hydrogens is 322 g/mol. The maximum absolute atomic E-state index is 12.4. The lowest BCUT2D eigenvalue weighted by Crippen LogP contribution is -2.30. The Bertz CT molecular complexity index is 774. The smallest absolute Gasteiger partial charge is 0.224 e. The number of nitrogens with one attached hydrogen (secondary N) is 1. The number of carbonyl (C=O) groups is 1. The van der Waals surface area contributed by atoms with Crippen LogP contribution in [-0.4, -0.2) is 19.6 Å². The molecule has 0 spiro atoms. The summed E-state index contributed by atoms with van der Waals surface area (Å²) in [5.74, 6) is 0.951. The summed E-state index contributed by atoms with van der Waals surface area (Å²) in [4.78, 5) is 12.4. The normalized spacial score (nSPS) is 10.5. The Morgan fingerprint density at radius 3 is 1.88 bits per heavy atom. The molecule has 0 aliphatic heterocycles. The van der Waals surface area contributed by atoms with E-state index in [0.29, 0.717) is 13.0 Å². The van der Waals surface area contributed by atoms with Crippen molar-refractivity contribution in [1.29, 1.82) is 0 Å². The van der Waals surface area contributed by atoms with Crippen LogP contribution < -0.4 is 10.1 Å². The third-order valence-corrected chi connectivity index (χ3v) is 4.43. The van der Waals surface area contributed by atoms with Crippen LogP contribution in [-0.2, 0) is 11.2 Å². The fourth-order valence-corrected chi connectivity index (χ4v) is 3.01. The lowest BCUT2D eigenvalue weighted by molar-refractivity contribution is -0.120. The summed E-state index contributed by atoms with van der Waals surface area (Å²) in [7, 11) is 1.63. The Morgan fingerprint density at radius 2 is 1.38 bits per heavy atom. The van der Waals surface area contributed by atoms with E-state index in [1.807, 2.05) is 60.7 Å². The van der Waals surface area contributed by atoms with Crippen LogP contribution in [0.15, 0.2) is 84.9 Å². The molecule has 26 heavy (non-hydrogen) atoms. The van der Waals surface area contributed by atoms with E-state index in [9.17, 15) is 4.79 Å². The zero-order chi connectivity index (χ0) is 18.2. The number of amides is 1. The average Bonchev–Trinajstić information content (AvgIpc) is 2.70. The Hall–Kier alpha value is -3.07. The Kier molecular flexibility index (Phi) is 6.05. The highest BCUT2D eigenvalue weighted by molar-refractivity contribution is 5.78. The fraction of sp³-hybridized carbons (Fsp3) is 0.174. The van der Waals surface area contributed by atoms with Gasteiger partial charge in [0.15, 0.2) is 0 Å². The highest BCUT2D eigenvalue weighted by Gasteiger charge is 2.15. The van der Waals surface area contributed by atoms with Gasteiger partial charge in [-0.2, -0.15) is 0 Å². The second-order valence-corrected chi connectivity index (χ2v) is 6.20. The molecule has 0 saturated heterocycles. The molecule has 0 atom stereocenters. The minimum absolute atomic E-state index is 0.0204. The van der Waals surface area contributed by atoms with Gasteiger partial charge in [-0.15, -0.1) is 0 Å². The van der Waals surface area contributed by atoms with E-state index in [0.717, 1.165) is 11.3 Å². The average molecular weight is 345 g/mol. The molecule has 3 aromatic rings. The predicted octanol–water partition coefficient (Wildman–Crippen LogP) is 4.19. The number of ether oxygens (including phenoxy) is 1. The first-order valence-electron chi connectivity index (χ1n) is 8.76. The van der Waals surface area contributed by atoms with Crippen LogP contribution in [0.25, 0.3) is 0 Å². The van der Waals surface area contributed by atoms with Gasteiger partial charge in [0, 0.05) is 12.5 Å². The van der Waals surface area contributed by atoms with Gasteiger partial charge in [-0.3, -0.25) is 4.79 Å². The molecule has 3 nitrogen and oxygen atoms in total. The summed E-state index contributed by atoms with van der Waals surface area (Å²) in [6.45, 7) is 0.572. The molecule has 1 amide bonds. The van der Waals surface area contributed by atoms with Crippen molar-refractivity contribution in [2.75, 3.05) is 13.7 Å². The van der Waals surface area contributed by atoms with Crippen molar-refractivity contribution < 1.29 is 9.53 Å². The molecule has 0 saturated carbocycles. The quantitative estimate of drug-likeness (QED) is 0.697. The largest absolute Gasteiger partial charge is 0.497 e. The Labute approximate surface area is 154 Å². The van der Waals surface area contributed by atoms with Gasteiger partial charge in [-0.05, 0) is 28.8 Å². The van der Waals surface area contributed by atoms with Crippen LogP contribution in [0.3, 0.4) is 0 Å². The van der Waals surface area contributed by atoms with Crippen molar-refractivity contribution in [2.45, 2.75) is 12.3 Å². The summed E-state index contributed by atoms with van der Waals surface area (Å²) in [6.07, 6.45) is 0.361. The second kappa shape index (κ2) is 8.86. The van der Waals surface area contributed by atoms with Crippen molar-refractivity contribution in [3.8, 4) is 5.75 Å². The third kappa shape index (κ3) is 4.73. The third-order valence-electron chi connectivity index (χ3n) is 4.43. The van der Waals surface area contributed by atoms with Gasteiger partial charge in [-0.25, -0.2) is 0 Å². The molecule has 1 N–H and O–H groups in total. The van der Waals surface area contributed by atoms with Crippen LogP contribution in [0.2, 0.25) is 0 Å². The molecule has 0 heterocycles. The van der Waals surface area contributed by atoms with E-state index in [-0.39, 0.29) is 11.8 Å². The SMILES string of the molecule is COc1ccc(CC(=O)NCC(c2ccccc2)c2ccccc2)cc1. The van der Waals surface area contributed by atoms with E-state index in [1.165, 1.54) is 11.1 Å². The zero-order valence-corrected chi connectivity index (χ0v) is 14.9. The highest BCUT2D eigenvalue weighted by atomic mass is 16.5. The van der Waals surface area contributed by atoms with Gasteiger partial charge in [0.25, 0.3) is 0 Å². The summed E-state index contributed by atoms with van der Waals surface area (Å²) in [5, 5.41) is 3.09. The lowest BCUT2D eigenvalue weighted by atomic mass is 9.91. The Morgan fingerprint density at radius 1 is 0.846 bits per heavy atom. The van der Waals surface area contributed by atoms with Crippen molar-refractivity contribution in [2.24, 2.45) is 0 Å². The summed E-state index contributed by atoms with van der Waals surface area (Å²) >= 11 is 0. The molecule has 3 aromatic carbocycles. The molecule has 0 aliphatic rings. The maximum Gasteiger partial charge on any atom is 0.224 e. The van der Waals surface area contributed by atoms with Crippen LogP contribution in [0.4, 0.5) is 0 Å². The highest BCUT2D eigenvalue weighted by Crippen LogP contribution is 2.23. The van der Waals surface area contributed by atoms with Gasteiger partial charge in [0.2, 0.25) is 5.91 Å². The zero-order valence-electron chi connectivity index (χ0n) is 14.9. The first kappa shape index (κ1) is 17.7. The minimum atomic E-state index is 0.0204. The van der Waals surface area contributed by atoms with Gasteiger partial charge in [-0.1, -0.05) is 72.8 Å². The molecule has 0 fully saturated rings. The molecule has 0 aliphatic carbocycles. The molecule has 3 rings (SSSR count). The first-order valence-corrected chi connectivity index (χ1v) is 8.76. The van der Waals surface area contributed by atoms with Crippen LogP contribution in [0.1, 0.15) is 22.6 Å². The van der Waals surface area contributed by atoms with Crippen LogP contribution >= 0.6 is 0 Å². The number of benzene rings is 3. The predicted molar refractivity (Wildman–Crippen MR) is 104 cm³/mol. The van der Waals surface area contributed by atoms with Gasteiger partial charge in [0.1, 0.15) is 5.75 Å². The van der Waals surface area contributed by atoms with E-state index in [2.05, 4.69) is 29.6 Å². The number of methoxy groups -OCH3 is 1. The minimum Gasteiger partial charge on any atom is -0.497 e. The molecule has 0 aromatic heterocycles. The maximum atomic E-state index is 12.4. The van der Waals surface area contributed by atoms with E-state index in [1.54, 1.807) is 7.11 Å². The van der Waals surface area contributed by atoms with Crippen LogP contribution in [0.5, 0.6) is 5.75 Å².